The molecular formula is C43H52N6O6. The minimum absolute atomic E-state index is 0.00816. The molecule has 0 bridgehead atoms. The summed E-state index contributed by atoms with van der Waals surface area (Å²) in [7, 11) is 0. The fourth-order valence-corrected chi connectivity index (χ4v) is 7.05. The Morgan fingerprint density at radius 1 is 0.764 bits per heavy atom. The Kier molecular flexibility index (Phi) is 14.6. The number of carbonyl (C=O) groups is 4. The van der Waals surface area contributed by atoms with Crippen LogP contribution in [0.3, 0.4) is 0 Å². The topological polar surface area (TPSA) is 174 Å². The van der Waals surface area contributed by atoms with E-state index in [0.717, 1.165) is 11.1 Å². The number of hydrogen-bond donors (Lipinski definition) is 5. The monoisotopic (exact) mass is 748 g/mol. The molecule has 2 aromatic heterocycles. The van der Waals surface area contributed by atoms with Crippen LogP contribution in [0.5, 0.6) is 0 Å². The van der Waals surface area contributed by atoms with Crippen LogP contribution in [0.15, 0.2) is 109 Å². The summed E-state index contributed by atoms with van der Waals surface area (Å²) in [4.78, 5) is 64.4. The Hall–Kier alpha value is -5.46. The number of likely N-dealkylation sites (tertiary alicyclic amines) is 1. The lowest BCUT2D eigenvalue weighted by molar-refractivity contribution is -0.139. The molecule has 3 heterocycles. The predicted molar refractivity (Wildman–Crippen MR) is 208 cm³/mol. The smallest absolute Gasteiger partial charge is 0.245 e. The summed E-state index contributed by atoms with van der Waals surface area (Å²) in [5, 5.41) is 33.0. The zero-order chi connectivity index (χ0) is 39.3. The van der Waals surface area contributed by atoms with Gasteiger partial charge < -0.3 is 31.1 Å². The number of aliphatic hydroxyl groups is 2. The van der Waals surface area contributed by atoms with Crippen molar-refractivity contribution in [2.24, 2.45) is 11.8 Å². The number of nitrogens with zero attached hydrogens (tertiary/aromatic N) is 3. The average Bonchev–Trinajstić information content (AvgIpc) is 3.47. The summed E-state index contributed by atoms with van der Waals surface area (Å²) in [6.45, 7) is 5.88. The van der Waals surface area contributed by atoms with Crippen LogP contribution in [0.2, 0.25) is 0 Å². The zero-order valence-electron chi connectivity index (χ0n) is 31.6. The van der Waals surface area contributed by atoms with Crippen LogP contribution in [0.1, 0.15) is 49.7 Å². The van der Waals surface area contributed by atoms with Gasteiger partial charge in [0.15, 0.2) is 0 Å². The van der Waals surface area contributed by atoms with Crippen LogP contribution in [-0.2, 0) is 44.9 Å². The number of pyridine rings is 2. The van der Waals surface area contributed by atoms with E-state index >= 15 is 0 Å². The normalized spacial score (nSPS) is 18.7. The molecule has 55 heavy (non-hydrogen) atoms. The van der Waals surface area contributed by atoms with Crippen molar-refractivity contribution in [3.63, 3.8) is 0 Å². The first-order chi connectivity index (χ1) is 26.5. The van der Waals surface area contributed by atoms with Crippen molar-refractivity contribution < 1.29 is 29.4 Å². The highest BCUT2D eigenvalue weighted by atomic mass is 16.3. The highest BCUT2D eigenvalue weighted by molar-refractivity contribution is 5.90. The van der Waals surface area contributed by atoms with E-state index < -0.39 is 42.3 Å². The van der Waals surface area contributed by atoms with Crippen molar-refractivity contribution in [1.82, 2.24) is 30.8 Å². The first-order valence-electron chi connectivity index (χ1n) is 19.0. The maximum Gasteiger partial charge on any atom is 0.245 e. The van der Waals surface area contributed by atoms with Gasteiger partial charge in [-0.25, -0.2) is 0 Å². The van der Waals surface area contributed by atoms with E-state index in [0.29, 0.717) is 17.8 Å². The highest BCUT2D eigenvalue weighted by Gasteiger charge is 2.46. The average molecular weight is 749 g/mol. The predicted octanol–water partition coefficient (Wildman–Crippen LogP) is 2.82. The summed E-state index contributed by atoms with van der Waals surface area (Å²) in [5.41, 5.74) is 2.77. The van der Waals surface area contributed by atoms with Crippen LogP contribution in [0.25, 0.3) is 0 Å². The molecule has 1 fully saturated rings. The van der Waals surface area contributed by atoms with Gasteiger partial charge in [-0.15, -0.1) is 0 Å². The molecule has 4 aromatic rings. The fraction of sp³-hybridized carbons (Fsp3) is 0.395. The number of nitrogens with one attached hydrogen (secondary N) is 3. The first-order valence-corrected chi connectivity index (χ1v) is 19.0. The van der Waals surface area contributed by atoms with E-state index in [9.17, 15) is 29.4 Å². The Labute approximate surface area is 322 Å². The van der Waals surface area contributed by atoms with Crippen molar-refractivity contribution in [3.8, 4) is 0 Å². The Balaban J connectivity index is 1.39. The van der Waals surface area contributed by atoms with Gasteiger partial charge in [0, 0.05) is 36.2 Å². The maximum absolute atomic E-state index is 14.1. The molecule has 1 aliphatic heterocycles. The van der Waals surface area contributed by atoms with Gasteiger partial charge in [0.1, 0.15) is 24.3 Å². The Morgan fingerprint density at radius 2 is 1.31 bits per heavy atom. The van der Waals surface area contributed by atoms with Crippen molar-refractivity contribution in [1.29, 1.82) is 0 Å². The first kappa shape index (κ1) is 40.7. The number of benzene rings is 2. The lowest BCUT2D eigenvalue weighted by Gasteiger charge is -2.38. The van der Waals surface area contributed by atoms with Crippen molar-refractivity contribution >= 4 is 23.6 Å². The largest absolute Gasteiger partial charge is 0.388 e. The Bertz CT molecular complexity index is 1830. The number of carbonyl (C=O) groups excluding carboxylic acids is 4. The lowest BCUT2D eigenvalue weighted by atomic mass is 9.89. The van der Waals surface area contributed by atoms with Crippen LogP contribution in [0, 0.1) is 11.8 Å². The number of rotatable bonds is 18. The molecule has 5 rings (SSSR count). The molecule has 2 aromatic carbocycles. The van der Waals surface area contributed by atoms with Crippen molar-refractivity contribution in [2.45, 2.75) is 89.3 Å². The molecule has 0 radical (unpaired) electrons. The number of aromatic nitrogens is 2. The second-order valence-corrected chi connectivity index (χ2v) is 14.5. The van der Waals surface area contributed by atoms with Gasteiger partial charge in [-0.2, -0.15) is 0 Å². The fourth-order valence-electron chi connectivity index (χ4n) is 7.05. The van der Waals surface area contributed by atoms with E-state index in [2.05, 4.69) is 25.9 Å². The highest BCUT2D eigenvalue weighted by Crippen LogP contribution is 2.27. The summed E-state index contributed by atoms with van der Waals surface area (Å²) >= 11 is 0. The molecule has 5 N–H and O–H groups in total. The summed E-state index contributed by atoms with van der Waals surface area (Å²) in [6.07, 6.45) is 1.10. The zero-order valence-corrected chi connectivity index (χ0v) is 31.6. The number of hydrogen-bond acceptors (Lipinski definition) is 8. The molecule has 0 spiro atoms. The molecule has 1 aliphatic rings. The molecule has 12 heteroatoms. The van der Waals surface area contributed by atoms with Crippen LogP contribution in [0.4, 0.5) is 0 Å². The molecule has 0 saturated carbocycles. The summed E-state index contributed by atoms with van der Waals surface area (Å²) in [6, 6.07) is 25.5. The second-order valence-electron chi connectivity index (χ2n) is 14.5. The minimum Gasteiger partial charge on any atom is -0.388 e. The van der Waals surface area contributed by atoms with Gasteiger partial charge in [-0.05, 0) is 54.2 Å². The quantitative estimate of drug-likeness (QED) is 0.103. The second kappa shape index (κ2) is 19.7. The molecule has 8 atom stereocenters. The molecule has 0 aliphatic carbocycles. The number of amides is 4. The molecular weight excluding hydrogens is 697 g/mol. The van der Waals surface area contributed by atoms with Crippen molar-refractivity contribution in [3.05, 3.63) is 132 Å². The molecule has 1 saturated heterocycles. The summed E-state index contributed by atoms with van der Waals surface area (Å²) in [5.74, 6) is -2.15. The third-order valence-electron chi connectivity index (χ3n) is 10.3. The van der Waals surface area contributed by atoms with E-state index in [-0.39, 0.29) is 61.8 Å². The number of aliphatic hydroxyl groups excluding tert-OH is 2. The lowest BCUT2D eigenvalue weighted by Crippen LogP contribution is -2.60. The van der Waals surface area contributed by atoms with E-state index in [1.807, 2.05) is 81.4 Å². The van der Waals surface area contributed by atoms with Gasteiger partial charge in [0.25, 0.3) is 0 Å². The van der Waals surface area contributed by atoms with Gasteiger partial charge >= 0.3 is 0 Å². The van der Waals surface area contributed by atoms with E-state index in [1.165, 1.54) is 0 Å². The van der Waals surface area contributed by atoms with Crippen LogP contribution < -0.4 is 16.0 Å². The third kappa shape index (κ3) is 11.3. The molecule has 12 nitrogen and oxygen atoms in total. The van der Waals surface area contributed by atoms with E-state index in [1.54, 1.807) is 53.7 Å². The molecule has 4 amide bonds. The molecule has 2 unspecified atom stereocenters. The van der Waals surface area contributed by atoms with Gasteiger partial charge in [-0.3, -0.25) is 29.1 Å². The SMILES string of the molecule is CCC(C)[C@@H](NC(=O)Cc1ccccn1)C(=O)N[C@@H](Cc1ccccc1)[C@@H](O)[C@H](O)[C@H](Cc1ccccc1)N1CC(C)[C@H](NC(=O)Cc2ccccn2)C1=O. The minimum atomic E-state index is -1.54. The van der Waals surface area contributed by atoms with E-state index in [4.69, 9.17) is 0 Å². The van der Waals surface area contributed by atoms with Crippen LogP contribution in [-0.4, -0.2) is 91.6 Å². The Morgan fingerprint density at radius 3 is 1.85 bits per heavy atom. The van der Waals surface area contributed by atoms with Crippen molar-refractivity contribution in [2.75, 3.05) is 6.54 Å². The summed E-state index contributed by atoms with van der Waals surface area (Å²) < 4.78 is 0. The third-order valence-corrected chi connectivity index (χ3v) is 10.3. The maximum atomic E-state index is 14.1. The van der Waals surface area contributed by atoms with Crippen LogP contribution >= 0.6 is 0 Å². The standard InChI is InChI=1S/C43H52N6O6/c1-4-28(2)38(47-36(50)25-32-19-11-13-21-44-32)42(54)46-34(23-30-15-7-5-8-16-30)40(52)41(53)35(24-31-17-9-6-10-18-31)49-27-29(3)39(43(49)55)48-37(51)26-33-20-12-14-22-45-33/h5-22,28-29,34-35,38-41,52-53H,4,23-27H2,1-3H3,(H,46,54)(H,47,50)(H,48,51)/t28?,29?,34-,35-,38+,39-,40+,41+/m0/s1. The molecule has 290 valence electrons. The van der Waals surface area contributed by atoms with Gasteiger partial charge in [0.05, 0.1) is 24.9 Å². The van der Waals surface area contributed by atoms with Gasteiger partial charge in [0.2, 0.25) is 23.6 Å². The van der Waals surface area contributed by atoms with Gasteiger partial charge in [-0.1, -0.05) is 100.0 Å².